The van der Waals surface area contributed by atoms with E-state index in [1.165, 1.54) is 244 Å². The van der Waals surface area contributed by atoms with E-state index in [0.717, 1.165) is 120 Å². The predicted octanol–water partition coefficient (Wildman–Crippen LogP) is 25.9. The minimum absolute atomic E-state index is 0.107. The molecule has 0 amide bonds. The van der Waals surface area contributed by atoms with Gasteiger partial charge in [-0.05, 0) is 49.4 Å². The van der Waals surface area contributed by atoms with Gasteiger partial charge in [0.15, 0.2) is 12.2 Å². The first-order valence-corrected chi connectivity index (χ1v) is 47.3. The summed E-state index contributed by atoms with van der Waals surface area (Å²) in [5.74, 6) is 1.12. The minimum Gasteiger partial charge on any atom is -0.462 e. The molecule has 0 radical (unpaired) electrons. The van der Waals surface area contributed by atoms with Crippen LogP contribution in [0.25, 0.3) is 0 Å². The predicted molar refractivity (Wildman–Crippen MR) is 432 cm³/mol. The van der Waals surface area contributed by atoms with Crippen LogP contribution in [-0.4, -0.2) is 96.7 Å². The van der Waals surface area contributed by atoms with Crippen molar-refractivity contribution in [1.82, 2.24) is 0 Å². The van der Waals surface area contributed by atoms with Gasteiger partial charge >= 0.3 is 39.5 Å². The van der Waals surface area contributed by atoms with Crippen molar-refractivity contribution in [3.05, 3.63) is 0 Å². The Morgan fingerprint density at radius 2 is 0.457 bits per heavy atom. The molecule has 19 heteroatoms. The number of phosphoric ester groups is 2. The quantitative estimate of drug-likeness (QED) is 0.0222. The normalized spacial score (nSPS) is 14.7. The summed E-state index contributed by atoms with van der Waals surface area (Å²) in [6, 6.07) is 0. The number of carbonyl (C=O) groups excluding carboxylic acids is 4. The van der Waals surface area contributed by atoms with E-state index in [9.17, 15) is 43.2 Å². The molecular formula is C86H168O17P2. The van der Waals surface area contributed by atoms with Crippen molar-refractivity contribution < 1.29 is 80.2 Å². The highest BCUT2D eigenvalue weighted by Gasteiger charge is 2.31. The van der Waals surface area contributed by atoms with E-state index in [-0.39, 0.29) is 25.7 Å². The first-order valence-electron chi connectivity index (χ1n) is 44.3. The second kappa shape index (κ2) is 74.8. The van der Waals surface area contributed by atoms with Crippen LogP contribution in [0, 0.1) is 23.7 Å². The zero-order valence-corrected chi connectivity index (χ0v) is 71.2. The molecular weight excluding hydrogens is 1370 g/mol. The van der Waals surface area contributed by atoms with Gasteiger partial charge in [-0.25, -0.2) is 9.13 Å². The molecule has 0 aromatic heterocycles. The maximum absolute atomic E-state index is 13.1. The van der Waals surface area contributed by atoms with Crippen LogP contribution in [0.4, 0.5) is 0 Å². The number of rotatable bonds is 83. The smallest absolute Gasteiger partial charge is 0.462 e. The number of hydrogen-bond acceptors (Lipinski definition) is 15. The SMILES string of the molecule is CCC(C)CCCCCCCCCCCCCCCCCCCCC(=O)O[C@H](COC(=O)CCCCCCCCC(C)CC)COP(=O)(O)OC[C@H](O)COP(=O)(O)OC[C@@H](COC(=O)CCCCCCCCCCCCCCC(C)C)OC(=O)CCCCCCCCCCCCCCCCC(C)CC. The zero-order chi connectivity index (χ0) is 77.4. The van der Waals surface area contributed by atoms with Crippen molar-refractivity contribution in [1.29, 1.82) is 0 Å². The van der Waals surface area contributed by atoms with E-state index < -0.39 is 97.5 Å². The van der Waals surface area contributed by atoms with Crippen LogP contribution in [0.3, 0.4) is 0 Å². The molecule has 0 fully saturated rings. The molecule has 0 aliphatic carbocycles. The topological polar surface area (TPSA) is 237 Å². The molecule has 0 rings (SSSR count). The first-order chi connectivity index (χ1) is 50.7. The van der Waals surface area contributed by atoms with E-state index >= 15 is 0 Å². The summed E-state index contributed by atoms with van der Waals surface area (Å²) in [5, 5.41) is 10.7. The largest absolute Gasteiger partial charge is 0.472 e. The Labute approximate surface area is 645 Å². The van der Waals surface area contributed by atoms with Gasteiger partial charge in [-0.3, -0.25) is 37.3 Å². The summed E-state index contributed by atoms with van der Waals surface area (Å²) >= 11 is 0. The zero-order valence-electron chi connectivity index (χ0n) is 69.4. The first kappa shape index (κ1) is 103. The molecule has 3 N–H and O–H groups in total. The molecule has 17 nitrogen and oxygen atoms in total. The second-order valence-electron chi connectivity index (χ2n) is 32.1. The van der Waals surface area contributed by atoms with Crippen molar-refractivity contribution in [2.75, 3.05) is 39.6 Å². The van der Waals surface area contributed by atoms with Gasteiger partial charge in [0.1, 0.15) is 19.3 Å². The van der Waals surface area contributed by atoms with Crippen LogP contribution >= 0.6 is 15.6 Å². The molecule has 0 heterocycles. The minimum atomic E-state index is -4.97. The van der Waals surface area contributed by atoms with Crippen molar-refractivity contribution >= 4 is 39.5 Å². The number of esters is 4. The Morgan fingerprint density at radius 1 is 0.267 bits per heavy atom. The molecule has 0 aliphatic heterocycles. The van der Waals surface area contributed by atoms with E-state index in [4.69, 9.17) is 37.0 Å². The maximum atomic E-state index is 13.1. The third-order valence-corrected chi connectivity index (χ3v) is 23.1. The average Bonchev–Trinajstić information content (AvgIpc) is 0.909. The highest BCUT2D eigenvalue weighted by Crippen LogP contribution is 2.45. The fourth-order valence-electron chi connectivity index (χ4n) is 13.2. The summed E-state index contributed by atoms with van der Waals surface area (Å²) in [5.41, 5.74) is 0. The van der Waals surface area contributed by atoms with E-state index in [1.807, 2.05) is 0 Å². The molecule has 8 atom stereocenters. The van der Waals surface area contributed by atoms with Gasteiger partial charge in [0.25, 0.3) is 0 Å². The van der Waals surface area contributed by atoms with Gasteiger partial charge in [0.2, 0.25) is 0 Å². The number of aliphatic hydroxyl groups excluding tert-OH is 1. The Morgan fingerprint density at radius 3 is 0.676 bits per heavy atom. The summed E-state index contributed by atoms with van der Waals surface area (Å²) in [7, 11) is -9.93. The van der Waals surface area contributed by atoms with Crippen molar-refractivity contribution in [2.45, 2.75) is 465 Å². The van der Waals surface area contributed by atoms with Crippen LogP contribution < -0.4 is 0 Å². The number of carbonyl (C=O) groups is 4. The summed E-state index contributed by atoms with van der Waals surface area (Å²) in [6.45, 7) is 14.4. The van der Waals surface area contributed by atoms with Crippen LogP contribution in [-0.2, 0) is 65.4 Å². The van der Waals surface area contributed by atoms with Crippen molar-refractivity contribution in [2.24, 2.45) is 23.7 Å². The Bertz CT molecular complexity index is 2050. The number of hydrogen-bond donors (Lipinski definition) is 3. The van der Waals surface area contributed by atoms with E-state index in [0.29, 0.717) is 25.7 Å². The third kappa shape index (κ3) is 75.9. The lowest BCUT2D eigenvalue weighted by molar-refractivity contribution is -0.161. The van der Waals surface area contributed by atoms with Gasteiger partial charge in [-0.2, -0.15) is 0 Å². The molecule has 624 valence electrons. The summed E-state index contributed by atoms with van der Waals surface area (Å²) in [6.07, 6.45) is 63.8. The van der Waals surface area contributed by atoms with Crippen LogP contribution in [0.2, 0.25) is 0 Å². The van der Waals surface area contributed by atoms with Crippen molar-refractivity contribution in [3.63, 3.8) is 0 Å². The molecule has 0 saturated heterocycles. The van der Waals surface area contributed by atoms with Crippen molar-refractivity contribution in [3.8, 4) is 0 Å². The number of ether oxygens (including phenoxy) is 4. The molecule has 0 spiro atoms. The average molecular weight is 1540 g/mol. The Hall–Kier alpha value is -1.94. The van der Waals surface area contributed by atoms with Crippen LogP contribution in [0.1, 0.15) is 447 Å². The van der Waals surface area contributed by atoms with Gasteiger partial charge in [0, 0.05) is 25.7 Å². The number of unbranched alkanes of at least 4 members (excludes halogenated alkanes) is 46. The lowest BCUT2D eigenvalue weighted by Crippen LogP contribution is -2.30. The Kier molecular flexibility index (Phi) is 73.4. The van der Waals surface area contributed by atoms with Crippen LogP contribution in [0.5, 0.6) is 0 Å². The highest BCUT2D eigenvalue weighted by atomic mass is 31.2. The van der Waals surface area contributed by atoms with Gasteiger partial charge in [-0.1, -0.05) is 396 Å². The van der Waals surface area contributed by atoms with Crippen LogP contribution in [0.15, 0.2) is 0 Å². The third-order valence-electron chi connectivity index (χ3n) is 21.2. The lowest BCUT2D eigenvalue weighted by Gasteiger charge is -2.21. The standard InChI is InChI=1S/C86H168O17P2/c1-9-77(6)63-55-47-39-33-27-20-16-14-12-13-15-17-22-30-36-42-52-60-69-86(91)103-82(73-97-84(89)67-59-51-45-44-49-57-65-79(8)11-3)75-101-105(94,95)99-71-80(87)70-98-104(92,93)100-74-81(72-96-83(88)66-58-50-41-35-29-25-24-26-32-38-46-54-62-76(4)5)102-85(90)68-61-53-43-37-31-23-19-18-21-28-34-40-48-56-64-78(7)10-2/h76-82,87H,9-75H2,1-8H3,(H,92,93)(H,94,95)/t77?,78?,79?,80-,81-,82-/m1/s1. The summed E-state index contributed by atoms with van der Waals surface area (Å²) in [4.78, 5) is 73.2. The fourth-order valence-corrected chi connectivity index (χ4v) is 14.8. The van der Waals surface area contributed by atoms with E-state index in [2.05, 4.69) is 55.4 Å². The van der Waals surface area contributed by atoms with E-state index in [1.54, 1.807) is 0 Å². The molecule has 0 aliphatic rings. The molecule has 0 aromatic rings. The number of aliphatic hydroxyl groups is 1. The second-order valence-corrected chi connectivity index (χ2v) is 35.0. The van der Waals surface area contributed by atoms with Gasteiger partial charge in [-0.15, -0.1) is 0 Å². The monoisotopic (exact) mass is 1540 g/mol. The molecule has 105 heavy (non-hydrogen) atoms. The molecule has 0 aromatic carbocycles. The van der Waals surface area contributed by atoms with Gasteiger partial charge in [0.05, 0.1) is 26.4 Å². The number of phosphoric acid groups is 2. The maximum Gasteiger partial charge on any atom is 0.472 e. The Balaban J connectivity index is 5.21. The van der Waals surface area contributed by atoms with Gasteiger partial charge < -0.3 is 33.8 Å². The molecule has 5 unspecified atom stereocenters. The summed E-state index contributed by atoms with van der Waals surface area (Å²) < 4.78 is 68.9. The molecule has 0 bridgehead atoms. The molecule has 0 saturated carbocycles. The lowest BCUT2D eigenvalue weighted by atomic mass is 9.99. The fraction of sp³-hybridized carbons (Fsp3) is 0.953. The highest BCUT2D eigenvalue weighted by molar-refractivity contribution is 7.47.